The average molecular weight is 265 g/mol. The number of hydrogen-bond acceptors (Lipinski definition) is 2. The maximum absolute atomic E-state index is 4.65. The van der Waals surface area contributed by atoms with Gasteiger partial charge in [-0.25, -0.2) is 4.99 Å². The van der Waals surface area contributed by atoms with Crippen LogP contribution >= 0.6 is 11.3 Å². The molecule has 0 radical (unpaired) electrons. The van der Waals surface area contributed by atoms with E-state index in [2.05, 4.69) is 52.6 Å². The molecule has 0 bridgehead atoms. The van der Waals surface area contributed by atoms with E-state index in [9.17, 15) is 0 Å². The lowest BCUT2D eigenvalue weighted by Gasteiger charge is -2.21. The number of rotatable bonds is 7. The molecule has 0 fully saturated rings. The molecule has 0 spiro atoms. The first kappa shape index (κ1) is 14.8. The average Bonchev–Trinajstić information content (AvgIpc) is 2.87. The summed E-state index contributed by atoms with van der Waals surface area (Å²) in [5.74, 6) is 0.979. The standard InChI is InChI=1S/C14H23N3S/c1-4-6-7-9-17(3)14(15-5-2)16-11-13-8-10-18-12-13/h4,8,10,12H,1,5-7,9,11H2,2-3H3,(H,15,16). The zero-order chi connectivity index (χ0) is 13.2. The van der Waals surface area contributed by atoms with Crippen LogP contribution in [0, 0.1) is 0 Å². The van der Waals surface area contributed by atoms with E-state index < -0.39 is 0 Å². The van der Waals surface area contributed by atoms with Gasteiger partial charge < -0.3 is 10.2 Å². The molecule has 0 aromatic carbocycles. The molecule has 4 heteroatoms. The van der Waals surface area contributed by atoms with Crippen molar-refractivity contribution in [1.29, 1.82) is 0 Å². The predicted molar refractivity (Wildman–Crippen MR) is 81.2 cm³/mol. The molecule has 0 aliphatic carbocycles. The summed E-state index contributed by atoms with van der Waals surface area (Å²) in [6.07, 6.45) is 4.13. The molecule has 0 saturated carbocycles. The van der Waals surface area contributed by atoms with Crippen molar-refractivity contribution in [3.63, 3.8) is 0 Å². The Morgan fingerprint density at radius 3 is 3.06 bits per heavy atom. The first-order chi connectivity index (χ1) is 8.77. The molecule has 100 valence electrons. The Balaban J connectivity index is 2.51. The second-order valence-corrected chi connectivity index (χ2v) is 4.93. The summed E-state index contributed by atoms with van der Waals surface area (Å²) in [4.78, 5) is 6.83. The summed E-state index contributed by atoms with van der Waals surface area (Å²) < 4.78 is 0. The van der Waals surface area contributed by atoms with E-state index in [1.54, 1.807) is 11.3 Å². The largest absolute Gasteiger partial charge is 0.357 e. The van der Waals surface area contributed by atoms with E-state index >= 15 is 0 Å². The minimum absolute atomic E-state index is 0.748. The van der Waals surface area contributed by atoms with E-state index in [1.807, 2.05) is 6.08 Å². The number of aliphatic imine (C=N–C) groups is 1. The van der Waals surface area contributed by atoms with Gasteiger partial charge in [0.25, 0.3) is 0 Å². The number of nitrogens with one attached hydrogen (secondary N) is 1. The number of nitrogens with zero attached hydrogens (tertiary/aromatic N) is 2. The van der Waals surface area contributed by atoms with E-state index in [0.717, 1.165) is 38.4 Å². The van der Waals surface area contributed by atoms with E-state index in [0.29, 0.717) is 0 Å². The van der Waals surface area contributed by atoms with Gasteiger partial charge in [0.2, 0.25) is 0 Å². The molecule has 3 nitrogen and oxygen atoms in total. The Bertz CT molecular complexity index is 357. The van der Waals surface area contributed by atoms with Gasteiger partial charge in [-0.3, -0.25) is 0 Å². The summed E-state index contributed by atoms with van der Waals surface area (Å²) in [7, 11) is 2.08. The van der Waals surface area contributed by atoms with Crippen LogP contribution < -0.4 is 5.32 Å². The van der Waals surface area contributed by atoms with Gasteiger partial charge in [-0.2, -0.15) is 11.3 Å². The van der Waals surface area contributed by atoms with Crippen LogP contribution in [0.1, 0.15) is 25.3 Å². The van der Waals surface area contributed by atoms with E-state index in [1.165, 1.54) is 5.56 Å². The molecular formula is C14H23N3S. The van der Waals surface area contributed by atoms with Crippen LogP contribution in [-0.2, 0) is 6.54 Å². The van der Waals surface area contributed by atoms with Crippen LogP contribution in [-0.4, -0.2) is 31.0 Å². The highest BCUT2D eigenvalue weighted by molar-refractivity contribution is 7.07. The molecule has 1 rings (SSSR count). The fraction of sp³-hybridized carbons (Fsp3) is 0.500. The third kappa shape index (κ3) is 5.36. The second kappa shape index (κ2) is 8.75. The first-order valence-electron chi connectivity index (χ1n) is 6.39. The zero-order valence-electron chi connectivity index (χ0n) is 11.4. The molecule has 0 saturated heterocycles. The third-order valence-corrected chi connectivity index (χ3v) is 3.32. The number of guanidine groups is 1. The Morgan fingerprint density at radius 1 is 1.61 bits per heavy atom. The van der Waals surface area contributed by atoms with Crippen molar-refractivity contribution in [3.8, 4) is 0 Å². The maximum atomic E-state index is 4.65. The monoisotopic (exact) mass is 265 g/mol. The van der Waals surface area contributed by atoms with Gasteiger partial charge in [-0.15, -0.1) is 6.58 Å². The number of thiophene rings is 1. The maximum Gasteiger partial charge on any atom is 0.193 e. The lowest BCUT2D eigenvalue weighted by Crippen LogP contribution is -2.39. The van der Waals surface area contributed by atoms with Crippen LogP contribution in [0.3, 0.4) is 0 Å². The van der Waals surface area contributed by atoms with Crippen LogP contribution in [0.2, 0.25) is 0 Å². The number of unbranched alkanes of at least 4 members (excludes halogenated alkanes) is 1. The smallest absolute Gasteiger partial charge is 0.193 e. The zero-order valence-corrected chi connectivity index (χ0v) is 12.2. The minimum Gasteiger partial charge on any atom is -0.357 e. The Kier molecular flexibility index (Phi) is 7.18. The topological polar surface area (TPSA) is 27.6 Å². The molecule has 18 heavy (non-hydrogen) atoms. The molecule has 0 amide bonds. The highest BCUT2D eigenvalue weighted by Gasteiger charge is 2.04. The summed E-state index contributed by atoms with van der Waals surface area (Å²) in [5.41, 5.74) is 1.27. The Labute approximate surface area is 114 Å². The van der Waals surface area contributed by atoms with Crippen LogP contribution in [0.25, 0.3) is 0 Å². The summed E-state index contributed by atoms with van der Waals surface area (Å²) >= 11 is 1.72. The van der Waals surface area contributed by atoms with Crippen molar-refractivity contribution in [2.45, 2.75) is 26.3 Å². The van der Waals surface area contributed by atoms with Gasteiger partial charge in [0, 0.05) is 20.1 Å². The van der Waals surface area contributed by atoms with Crippen LogP contribution in [0.5, 0.6) is 0 Å². The summed E-state index contributed by atoms with van der Waals surface area (Å²) in [6.45, 7) is 8.49. The molecule has 0 atom stereocenters. The molecule has 1 aromatic rings. The molecular weight excluding hydrogens is 242 g/mol. The quantitative estimate of drug-likeness (QED) is 0.355. The number of allylic oxidation sites excluding steroid dienone is 1. The second-order valence-electron chi connectivity index (χ2n) is 4.15. The molecule has 0 unspecified atom stereocenters. The van der Waals surface area contributed by atoms with Crippen molar-refractivity contribution in [1.82, 2.24) is 10.2 Å². The molecule has 1 N–H and O–H groups in total. The van der Waals surface area contributed by atoms with Crippen molar-refractivity contribution in [3.05, 3.63) is 35.0 Å². The predicted octanol–water partition coefficient (Wildman–Crippen LogP) is 3.11. The van der Waals surface area contributed by atoms with Gasteiger partial charge in [-0.1, -0.05) is 6.08 Å². The first-order valence-corrected chi connectivity index (χ1v) is 7.33. The molecule has 0 aliphatic heterocycles. The minimum atomic E-state index is 0.748. The van der Waals surface area contributed by atoms with Gasteiger partial charge >= 0.3 is 0 Å². The number of hydrogen-bond donors (Lipinski definition) is 1. The highest BCUT2D eigenvalue weighted by Crippen LogP contribution is 2.07. The molecule has 1 aromatic heterocycles. The van der Waals surface area contributed by atoms with Crippen molar-refractivity contribution in [2.24, 2.45) is 4.99 Å². The van der Waals surface area contributed by atoms with Gasteiger partial charge in [0.1, 0.15) is 0 Å². The highest BCUT2D eigenvalue weighted by atomic mass is 32.1. The Hall–Kier alpha value is -1.29. The summed E-state index contributed by atoms with van der Waals surface area (Å²) in [5, 5.41) is 7.56. The van der Waals surface area contributed by atoms with Gasteiger partial charge in [-0.05, 0) is 42.2 Å². The molecule has 0 aliphatic rings. The van der Waals surface area contributed by atoms with Crippen molar-refractivity contribution < 1.29 is 0 Å². The van der Waals surface area contributed by atoms with E-state index in [-0.39, 0.29) is 0 Å². The third-order valence-electron chi connectivity index (χ3n) is 2.59. The lowest BCUT2D eigenvalue weighted by atomic mass is 10.3. The van der Waals surface area contributed by atoms with Gasteiger partial charge in [0.05, 0.1) is 6.54 Å². The SMILES string of the molecule is C=CCCCN(C)C(=NCc1ccsc1)NCC. The van der Waals surface area contributed by atoms with Crippen LogP contribution in [0.4, 0.5) is 0 Å². The summed E-state index contributed by atoms with van der Waals surface area (Å²) in [6, 6.07) is 2.12. The molecule has 1 heterocycles. The lowest BCUT2D eigenvalue weighted by molar-refractivity contribution is 0.470. The van der Waals surface area contributed by atoms with Crippen molar-refractivity contribution >= 4 is 17.3 Å². The van der Waals surface area contributed by atoms with Crippen molar-refractivity contribution in [2.75, 3.05) is 20.1 Å². The van der Waals surface area contributed by atoms with E-state index in [4.69, 9.17) is 0 Å². The fourth-order valence-electron chi connectivity index (χ4n) is 1.60. The van der Waals surface area contributed by atoms with Crippen LogP contribution in [0.15, 0.2) is 34.5 Å². The fourth-order valence-corrected chi connectivity index (χ4v) is 2.26. The Morgan fingerprint density at radius 2 is 2.44 bits per heavy atom. The normalized spacial score (nSPS) is 11.3. The van der Waals surface area contributed by atoms with Gasteiger partial charge in [0.15, 0.2) is 5.96 Å².